The number of nitrogens with zero attached hydrogens (tertiary/aromatic N) is 2. The predicted octanol–water partition coefficient (Wildman–Crippen LogP) is 1.82. The van der Waals surface area contributed by atoms with Crippen molar-refractivity contribution in [3.8, 4) is 0 Å². The maximum atomic E-state index is 12.9. The summed E-state index contributed by atoms with van der Waals surface area (Å²) in [5.41, 5.74) is 1.04. The number of anilines is 2. The SMILES string of the molecule is CN(C)c1ccc(S(=O)(=O)N2CCCCC2)cc1NC(=O)COC(=O)C1CC1. The molecule has 1 aliphatic carbocycles. The van der Waals surface area contributed by atoms with Crippen LogP contribution in [-0.4, -0.2) is 58.4 Å². The molecule has 1 amide bonds. The fraction of sp³-hybridized carbons (Fsp3) is 0.579. The van der Waals surface area contributed by atoms with Crippen LogP contribution in [0.3, 0.4) is 0 Å². The van der Waals surface area contributed by atoms with Crippen molar-refractivity contribution >= 4 is 33.3 Å². The molecule has 0 aromatic heterocycles. The molecule has 154 valence electrons. The Morgan fingerprint density at radius 2 is 1.86 bits per heavy atom. The number of sulfonamides is 1. The molecule has 0 radical (unpaired) electrons. The van der Waals surface area contributed by atoms with Gasteiger partial charge in [0.25, 0.3) is 5.91 Å². The Bertz CT molecular complexity index is 843. The van der Waals surface area contributed by atoms with E-state index < -0.39 is 15.9 Å². The number of hydrogen-bond donors (Lipinski definition) is 1. The van der Waals surface area contributed by atoms with Crippen molar-refractivity contribution in [1.29, 1.82) is 0 Å². The lowest BCUT2D eigenvalue weighted by Crippen LogP contribution is -2.35. The van der Waals surface area contributed by atoms with Crippen LogP contribution in [0.25, 0.3) is 0 Å². The van der Waals surface area contributed by atoms with Crippen molar-refractivity contribution in [3.05, 3.63) is 18.2 Å². The summed E-state index contributed by atoms with van der Waals surface area (Å²) in [4.78, 5) is 25.8. The molecule has 1 aromatic carbocycles. The molecule has 1 aliphatic heterocycles. The zero-order valence-corrected chi connectivity index (χ0v) is 17.1. The highest BCUT2D eigenvalue weighted by Gasteiger charge is 2.31. The minimum absolute atomic E-state index is 0.0804. The Labute approximate surface area is 165 Å². The van der Waals surface area contributed by atoms with Crippen molar-refractivity contribution in [1.82, 2.24) is 4.31 Å². The highest BCUT2D eigenvalue weighted by molar-refractivity contribution is 7.89. The van der Waals surface area contributed by atoms with E-state index in [4.69, 9.17) is 4.74 Å². The number of nitrogens with one attached hydrogen (secondary N) is 1. The molecule has 1 N–H and O–H groups in total. The minimum atomic E-state index is -3.61. The van der Waals surface area contributed by atoms with Gasteiger partial charge in [0, 0.05) is 27.2 Å². The number of carbonyl (C=O) groups excluding carboxylic acids is 2. The van der Waals surface area contributed by atoms with Crippen molar-refractivity contribution in [2.75, 3.05) is 44.0 Å². The summed E-state index contributed by atoms with van der Waals surface area (Å²) in [6.07, 6.45) is 4.35. The van der Waals surface area contributed by atoms with Crippen LogP contribution in [0, 0.1) is 5.92 Å². The number of rotatable bonds is 7. The Hall–Kier alpha value is -2.13. The first-order valence-corrected chi connectivity index (χ1v) is 11.0. The fourth-order valence-corrected chi connectivity index (χ4v) is 4.72. The van der Waals surface area contributed by atoms with E-state index in [1.165, 1.54) is 10.4 Å². The predicted molar refractivity (Wildman–Crippen MR) is 106 cm³/mol. The van der Waals surface area contributed by atoms with Crippen LogP contribution in [0.2, 0.25) is 0 Å². The summed E-state index contributed by atoms with van der Waals surface area (Å²) in [5, 5.41) is 2.68. The summed E-state index contributed by atoms with van der Waals surface area (Å²) < 4.78 is 32.4. The minimum Gasteiger partial charge on any atom is -0.455 e. The quantitative estimate of drug-likeness (QED) is 0.690. The lowest BCUT2D eigenvalue weighted by molar-refractivity contribution is -0.148. The van der Waals surface area contributed by atoms with Gasteiger partial charge in [-0.05, 0) is 43.9 Å². The van der Waals surface area contributed by atoms with Crippen molar-refractivity contribution < 1.29 is 22.7 Å². The molecule has 0 unspecified atom stereocenters. The smallest absolute Gasteiger partial charge is 0.309 e. The normalized spacial score (nSPS) is 17.8. The first-order chi connectivity index (χ1) is 13.3. The first kappa shape index (κ1) is 20.6. The maximum Gasteiger partial charge on any atom is 0.309 e. The second-order valence-electron chi connectivity index (χ2n) is 7.47. The van der Waals surface area contributed by atoms with Gasteiger partial charge in [-0.25, -0.2) is 8.42 Å². The monoisotopic (exact) mass is 409 g/mol. The zero-order valence-electron chi connectivity index (χ0n) is 16.3. The molecule has 0 bridgehead atoms. The molecule has 28 heavy (non-hydrogen) atoms. The molecule has 1 saturated carbocycles. The van der Waals surface area contributed by atoms with E-state index in [1.807, 2.05) is 0 Å². The van der Waals surface area contributed by atoms with Gasteiger partial charge >= 0.3 is 5.97 Å². The highest BCUT2D eigenvalue weighted by atomic mass is 32.2. The summed E-state index contributed by atoms with van der Waals surface area (Å²) >= 11 is 0. The highest BCUT2D eigenvalue weighted by Crippen LogP contribution is 2.31. The molecule has 8 nitrogen and oxygen atoms in total. The van der Waals surface area contributed by atoms with E-state index in [9.17, 15) is 18.0 Å². The van der Waals surface area contributed by atoms with Gasteiger partial charge in [-0.3, -0.25) is 9.59 Å². The van der Waals surface area contributed by atoms with E-state index in [0.29, 0.717) is 24.5 Å². The first-order valence-electron chi connectivity index (χ1n) is 9.57. The summed E-state index contributed by atoms with van der Waals surface area (Å²) in [7, 11) is -0.00834. The van der Waals surface area contributed by atoms with Crippen LogP contribution < -0.4 is 10.2 Å². The van der Waals surface area contributed by atoms with Gasteiger partial charge in [-0.1, -0.05) is 6.42 Å². The number of amides is 1. The largest absolute Gasteiger partial charge is 0.455 e. The second-order valence-corrected chi connectivity index (χ2v) is 9.41. The molecule has 1 aromatic rings. The summed E-state index contributed by atoms with van der Waals surface area (Å²) in [6, 6.07) is 4.70. The molecule has 0 atom stereocenters. The number of benzene rings is 1. The third kappa shape index (κ3) is 4.82. The Balaban J connectivity index is 1.77. The molecule has 1 heterocycles. The average Bonchev–Trinajstić information content (AvgIpc) is 3.52. The van der Waals surface area contributed by atoms with Gasteiger partial charge in [0.2, 0.25) is 10.0 Å². The third-order valence-corrected chi connectivity index (χ3v) is 6.83. The van der Waals surface area contributed by atoms with E-state index in [0.717, 1.165) is 32.1 Å². The molecular weight excluding hydrogens is 382 g/mol. The van der Waals surface area contributed by atoms with Gasteiger partial charge in [-0.15, -0.1) is 0 Å². The summed E-state index contributed by atoms with van der Waals surface area (Å²) in [6.45, 7) is 0.637. The lowest BCUT2D eigenvalue weighted by atomic mass is 10.2. The molecule has 0 spiro atoms. The van der Waals surface area contributed by atoms with Crippen LogP contribution in [0.15, 0.2) is 23.1 Å². The molecule has 1 saturated heterocycles. The number of esters is 1. The molecule has 2 aliphatic rings. The number of carbonyl (C=O) groups is 2. The molecule has 9 heteroatoms. The van der Waals surface area contributed by atoms with E-state index >= 15 is 0 Å². The van der Waals surface area contributed by atoms with Crippen molar-refractivity contribution in [2.45, 2.75) is 37.0 Å². The van der Waals surface area contributed by atoms with Gasteiger partial charge in [-0.2, -0.15) is 4.31 Å². The van der Waals surface area contributed by atoms with Crippen LogP contribution in [0.4, 0.5) is 11.4 Å². The van der Waals surface area contributed by atoms with Crippen molar-refractivity contribution in [3.63, 3.8) is 0 Å². The number of piperidine rings is 1. The van der Waals surface area contributed by atoms with E-state index in [1.54, 1.807) is 31.1 Å². The van der Waals surface area contributed by atoms with Crippen LogP contribution in [0.5, 0.6) is 0 Å². The average molecular weight is 410 g/mol. The molecule has 3 rings (SSSR count). The fourth-order valence-electron chi connectivity index (χ4n) is 3.18. The third-order valence-electron chi connectivity index (χ3n) is 4.93. The van der Waals surface area contributed by atoms with E-state index in [-0.39, 0.29) is 23.4 Å². The lowest BCUT2D eigenvalue weighted by Gasteiger charge is -2.26. The van der Waals surface area contributed by atoms with Gasteiger partial charge in [0.15, 0.2) is 6.61 Å². The van der Waals surface area contributed by atoms with E-state index in [2.05, 4.69) is 5.32 Å². The van der Waals surface area contributed by atoms with Gasteiger partial charge in [0.05, 0.1) is 22.2 Å². The number of ether oxygens (including phenoxy) is 1. The van der Waals surface area contributed by atoms with Gasteiger partial charge < -0.3 is 15.0 Å². The standard InChI is InChI=1S/C19H27N3O5S/c1-21(2)17-9-8-15(28(25,26)22-10-4-3-5-11-22)12-16(17)20-18(23)13-27-19(24)14-6-7-14/h8-9,12,14H,3-7,10-11,13H2,1-2H3,(H,20,23). The maximum absolute atomic E-state index is 12.9. The van der Waals surface area contributed by atoms with Crippen LogP contribution >= 0.6 is 0 Å². The van der Waals surface area contributed by atoms with Crippen LogP contribution in [0.1, 0.15) is 32.1 Å². The van der Waals surface area contributed by atoms with Crippen LogP contribution in [-0.2, 0) is 24.3 Å². The second kappa shape index (κ2) is 8.48. The Morgan fingerprint density at radius 3 is 2.46 bits per heavy atom. The zero-order chi connectivity index (χ0) is 20.3. The molecule has 2 fully saturated rings. The Kier molecular flexibility index (Phi) is 6.24. The number of hydrogen-bond acceptors (Lipinski definition) is 6. The topological polar surface area (TPSA) is 96.0 Å². The summed E-state index contributed by atoms with van der Waals surface area (Å²) in [5.74, 6) is -0.933. The Morgan fingerprint density at radius 1 is 1.18 bits per heavy atom. The van der Waals surface area contributed by atoms with Gasteiger partial charge in [0.1, 0.15) is 0 Å². The molecular formula is C19H27N3O5S. The van der Waals surface area contributed by atoms with Crippen molar-refractivity contribution in [2.24, 2.45) is 5.92 Å².